The van der Waals surface area contributed by atoms with Crippen LogP contribution in [0.3, 0.4) is 0 Å². The molecule has 0 unspecified atom stereocenters. The molecule has 4 aromatic rings. The van der Waals surface area contributed by atoms with Crippen LogP contribution in [0.25, 0.3) is 0 Å². The van der Waals surface area contributed by atoms with E-state index in [0.29, 0.717) is 18.5 Å². The number of anilines is 1. The first-order chi connectivity index (χ1) is 36.2. The van der Waals surface area contributed by atoms with Crippen LogP contribution >= 0.6 is 0 Å². The van der Waals surface area contributed by atoms with Gasteiger partial charge in [0.25, 0.3) is 5.69 Å². The topological polar surface area (TPSA) is 309 Å². The Morgan fingerprint density at radius 3 is 1.35 bits per heavy atom. The fourth-order valence-corrected chi connectivity index (χ4v) is 11.4. The van der Waals surface area contributed by atoms with Crippen LogP contribution in [0.15, 0.2) is 119 Å². The molecule has 4 rings (SSSR count). The van der Waals surface area contributed by atoms with E-state index < -0.39 is 90.0 Å². The summed E-state index contributed by atoms with van der Waals surface area (Å²) in [7, 11) is -8.41. The number of sulfonamides is 2. The highest BCUT2D eigenvalue weighted by atomic mass is 32.2. The van der Waals surface area contributed by atoms with Crippen LogP contribution in [0.4, 0.5) is 21.0 Å². The molecule has 426 valence electrons. The number of nitrogens with zero attached hydrogens (tertiary/aromatic N) is 5. The molecule has 0 saturated carbocycles. The number of hydrogen-bond donors (Lipinski definition) is 5. The Morgan fingerprint density at radius 2 is 1.00 bits per heavy atom. The number of nitro groups is 1. The number of alkyl carbamates (subject to hydrolysis) is 2. The minimum atomic E-state index is -4.33. The molecule has 78 heavy (non-hydrogen) atoms. The van der Waals surface area contributed by atoms with Crippen molar-refractivity contribution < 1.29 is 51.0 Å². The maximum absolute atomic E-state index is 13.8. The van der Waals surface area contributed by atoms with Gasteiger partial charge in [0.05, 0.1) is 51.1 Å². The number of aliphatic hydroxyl groups excluding tert-OH is 2. The quantitative estimate of drug-likeness (QED) is 0.0236. The summed E-state index contributed by atoms with van der Waals surface area (Å²) in [4.78, 5) is 35.6. The highest BCUT2D eigenvalue weighted by Gasteiger charge is 2.37. The van der Waals surface area contributed by atoms with Crippen LogP contribution in [-0.4, -0.2) is 114 Å². The number of nitriles is 2. The molecule has 0 saturated heterocycles. The van der Waals surface area contributed by atoms with Gasteiger partial charge in [0.15, 0.2) is 0 Å². The molecule has 0 fully saturated rings. The van der Waals surface area contributed by atoms with Crippen molar-refractivity contribution in [2.24, 2.45) is 10.8 Å². The van der Waals surface area contributed by atoms with E-state index in [4.69, 9.17) is 25.7 Å². The SMILES string of the molecule is CC(C)(CCC#N)CN(C[C@@H](O)[C@H](Cc1ccccc1)NC(=O)OC(C)(C)C)S(=O)(=O)c1cccc(N)c1.CC(C)(CCC#N)CN(C[C@@H](O)[C@H](Cc1ccccc1)NC(=O)OC(C)(C)C)S(=O)(=O)c1cccc([N+](=O)[O-])c1. The van der Waals surface area contributed by atoms with Gasteiger partial charge in [-0.1, -0.05) is 100 Å². The van der Waals surface area contributed by atoms with Crippen molar-refractivity contribution >= 4 is 43.6 Å². The molecule has 0 bridgehead atoms. The largest absolute Gasteiger partial charge is 0.444 e. The lowest BCUT2D eigenvalue weighted by atomic mass is 9.88. The molecular formula is C56H78N8O12S2. The van der Waals surface area contributed by atoms with Gasteiger partial charge in [-0.15, -0.1) is 0 Å². The summed E-state index contributed by atoms with van der Waals surface area (Å²) in [5.74, 6) is 0. The van der Waals surface area contributed by atoms with Crippen molar-refractivity contribution in [2.45, 2.75) is 153 Å². The van der Waals surface area contributed by atoms with Gasteiger partial charge < -0.3 is 36.1 Å². The van der Waals surface area contributed by atoms with E-state index in [-0.39, 0.29) is 60.8 Å². The van der Waals surface area contributed by atoms with Gasteiger partial charge in [0, 0.05) is 56.8 Å². The molecule has 0 spiro atoms. The Hall–Kier alpha value is -6.66. The second-order valence-corrected chi connectivity index (χ2v) is 26.5. The molecule has 22 heteroatoms. The van der Waals surface area contributed by atoms with E-state index in [1.807, 2.05) is 74.5 Å². The van der Waals surface area contributed by atoms with Gasteiger partial charge >= 0.3 is 12.2 Å². The number of rotatable bonds is 25. The van der Waals surface area contributed by atoms with Gasteiger partial charge in [-0.25, -0.2) is 26.4 Å². The zero-order valence-corrected chi connectivity index (χ0v) is 48.0. The van der Waals surface area contributed by atoms with Gasteiger partial charge in [0.1, 0.15) is 11.2 Å². The van der Waals surface area contributed by atoms with Crippen LogP contribution in [0, 0.1) is 43.6 Å². The van der Waals surface area contributed by atoms with Crippen molar-refractivity contribution in [3.8, 4) is 12.1 Å². The van der Waals surface area contributed by atoms with E-state index in [0.717, 1.165) is 21.5 Å². The molecule has 0 aliphatic rings. The number of nitrogens with one attached hydrogen (secondary N) is 2. The van der Waals surface area contributed by atoms with E-state index >= 15 is 0 Å². The predicted molar refractivity (Wildman–Crippen MR) is 297 cm³/mol. The Labute approximate surface area is 460 Å². The average Bonchev–Trinajstić information content (AvgIpc) is 3.34. The summed E-state index contributed by atoms with van der Waals surface area (Å²) < 4.78 is 68.1. The Balaban J connectivity index is 0.000000411. The number of nitro benzene ring substituents is 1. The number of nitrogen functional groups attached to an aromatic ring is 1. The first-order valence-electron chi connectivity index (χ1n) is 25.4. The van der Waals surface area contributed by atoms with Crippen LogP contribution in [0.5, 0.6) is 0 Å². The first-order valence-corrected chi connectivity index (χ1v) is 28.3. The molecule has 6 N–H and O–H groups in total. The summed E-state index contributed by atoms with van der Waals surface area (Å²) >= 11 is 0. The third-order valence-electron chi connectivity index (χ3n) is 11.9. The highest BCUT2D eigenvalue weighted by molar-refractivity contribution is 7.89. The van der Waals surface area contributed by atoms with E-state index in [1.54, 1.807) is 67.5 Å². The molecule has 4 atom stereocenters. The number of amides is 2. The molecule has 4 aromatic carbocycles. The van der Waals surface area contributed by atoms with Crippen LogP contribution in [0.2, 0.25) is 0 Å². The number of carbonyl (C=O) groups is 2. The maximum Gasteiger partial charge on any atom is 0.407 e. The van der Waals surface area contributed by atoms with Gasteiger partial charge in [0.2, 0.25) is 20.0 Å². The summed E-state index contributed by atoms with van der Waals surface area (Å²) in [6.07, 6.45) is -2.40. The third kappa shape index (κ3) is 22.7. The fraction of sp³-hybridized carbons (Fsp3) is 0.500. The Kier molecular flexibility index (Phi) is 24.2. The summed E-state index contributed by atoms with van der Waals surface area (Å²) in [5.41, 5.74) is 4.64. The first kappa shape index (κ1) is 65.6. The number of hydrogen-bond acceptors (Lipinski definition) is 15. The fourth-order valence-electron chi connectivity index (χ4n) is 8.02. The van der Waals surface area contributed by atoms with Gasteiger partial charge in [-0.05, 0) is 113 Å². The van der Waals surface area contributed by atoms with E-state index in [2.05, 4.69) is 22.8 Å². The molecule has 0 radical (unpaired) electrons. The summed E-state index contributed by atoms with van der Waals surface area (Å²) in [6, 6.07) is 31.4. The van der Waals surface area contributed by atoms with Crippen molar-refractivity contribution in [2.75, 3.05) is 31.9 Å². The lowest BCUT2D eigenvalue weighted by Gasteiger charge is -2.35. The summed E-state index contributed by atoms with van der Waals surface area (Å²) in [6.45, 7) is 16.9. The monoisotopic (exact) mass is 1120 g/mol. The molecule has 0 aliphatic heterocycles. The third-order valence-corrected chi connectivity index (χ3v) is 15.5. The van der Waals surface area contributed by atoms with Crippen molar-refractivity contribution in [3.63, 3.8) is 0 Å². The predicted octanol–water partition coefficient (Wildman–Crippen LogP) is 8.50. The van der Waals surface area contributed by atoms with Crippen molar-refractivity contribution in [1.29, 1.82) is 10.5 Å². The minimum Gasteiger partial charge on any atom is -0.444 e. The standard InChI is InChI=1S/C28H38N4O7S.C28H40N4O5S/c1-27(2,3)39-26(34)30-24(17-21-11-7-6-8-12-21)25(33)19-31(20-28(4,5)15-10-16-29)40(37,38)23-14-9-13-22(18-23)32(35)36;1-27(2,3)37-26(34)31-24(17-21-11-7-6-8-12-21)25(33)19-32(20-28(4,5)15-10-16-29)38(35,36)23-14-9-13-22(30)18-23/h6-9,11-14,18,24-25,33H,10,15,17,19-20H2,1-5H3,(H,30,34);6-9,11-14,18,24-25,33H,10,15,17,19-20,30H2,1-5H3,(H,31,34)/t2*24-,25+/m00/s1. The maximum atomic E-state index is 13.8. The Morgan fingerprint density at radius 1 is 0.628 bits per heavy atom. The molecule has 0 aromatic heterocycles. The van der Waals surface area contributed by atoms with Crippen LogP contribution in [0.1, 0.15) is 106 Å². The number of ether oxygens (including phenoxy) is 2. The molecule has 2 amide bonds. The molecule has 0 aliphatic carbocycles. The summed E-state index contributed by atoms with van der Waals surface area (Å²) in [5, 5.41) is 57.6. The van der Waals surface area contributed by atoms with Crippen molar-refractivity contribution in [1.82, 2.24) is 19.2 Å². The number of nitrogens with two attached hydrogens (primary N) is 1. The molecular weight excluding hydrogens is 1040 g/mol. The molecule has 0 heterocycles. The zero-order chi connectivity index (χ0) is 58.7. The smallest absolute Gasteiger partial charge is 0.407 e. The lowest BCUT2D eigenvalue weighted by molar-refractivity contribution is -0.385. The number of benzene rings is 4. The van der Waals surface area contributed by atoms with Crippen LogP contribution < -0.4 is 16.4 Å². The Bertz CT molecular complexity index is 2900. The second-order valence-electron chi connectivity index (χ2n) is 22.6. The zero-order valence-electron chi connectivity index (χ0n) is 46.4. The average molecular weight is 1120 g/mol. The van der Waals surface area contributed by atoms with E-state index in [1.165, 1.54) is 34.6 Å². The highest BCUT2D eigenvalue weighted by Crippen LogP contribution is 2.31. The van der Waals surface area contributed by atoms with E-state index in [9.17, 15) is 46.8 Å². The molecule has 20 nitrogen and oxygen atoms in total. The lowest BCUT2D eigenvalue weighted by Crippen LogP contribution is -2.52. The van der Waals surface area contributed by atoms with Gasteiger partial charge in [-0.2, -0.15) is 19.1 Å². The van der Waals surface area contributed by atoms with Gasteiger partial charge in [-0.3, -0.25) is 10.1 Å². The second kappa shape index (κ2) is 28.8. The van der Waals surface area contributed by atoms with Crippen molar-refractivity contribution in [3.05, 3.63) is 130 Å². The number of carbonyl (C=O) groups excluding carboxylic acids is 2. The number of non-ortho nitro benzene ring substituents is 1. The normalized spacial score (nSPS) is 13.8. The van der Waals surface area contributed by atoms with Crippen LogP contribution in [-0.2, 0) is 42.4 Å². The minimum absolute atomic E-state index is 0.000457. The number of aliphatic hydroxyl groups is 2.